The van der Waals surface area contributed by atoms with Gasteiger partial charge in [0.05, 0.1) is 12.5 Å². The zero-order valence-corrected chi connectivity index (χ0v) is 13.1. The maximum Gasteiger partial charge on any atom is 0.225 e. The summed E-state index contributed by atoms with van der Waals surface area (Å²) in [7, 11) is 0. The smallest absolute Gasteiger partial charge is 0.225 e. The van der Waals surface area contributed by atoms with Gasteiger partial charge < -0.3 is 5.32 Å². The molecular weight excluding hydrogens is 306 g/mol. The van der Waals surface area contributed by atoms with Gasteiger partial charge in [-0.2, -0.15) is 22.7 Å². The van der Waals surface area contributed by atoms with Gasteiger partial charge in [0, 0.05) is 4.88 Å². The Bertz CT molecular complexity index is 607. The van der Waals surface area contributed by atoms with E-state index in [1.165, 1.54) is 4.88 Å². The normalized spacial score (nSPS) is 12.2. The van der Waals surface area contributed by atoms with Crippen LogP contribution in [0.5, 0.6) is 0 Å². The van der Waals surface area contributed by atoms with E-state index >= 15 is 0 Å². The molecule has 3 heterocycles. The molecule has 0 aliphatic carbocycles. The van der Waals surface area contributed by atoms with E-state index in [2.05, 4.69) is 22.8 Å². The van der Waals surface area contributed by atoms with Crippen LogP contribution < -0.4 is 5.32 Å². The largest absolute Gasteiger partial charge is 0.344 e. The molecule has 1 N–H and O–H groups in total. The molecule has 0 fully saturated rings. The van der Waals surface area contributed by atoms with E-state index in [1.807, 2.05) is 33.7 Å². The Morgan fingerprint density at radius 2 is 1.95 bits per heavy atom. The van der Waals surface area contributed by atoms with E-state index in [-0.39, 0.29) is 11.9 Å². The second-order valence-corrected chi connectivity index (χ2v) is 6.92. The molecule has 20 heavy (non-hydrogen) atoms. The van der Waals surface area contributed by atoms with Crippen LogP contribution >= 0.6 is 34.0 Å². The molecule has 3 rings (SSSR count). The highest BCUT2D eigenvalue weighted by atomic mass is 32.1. The molecular formula is C15H13NOS3. The minimum atomic E-state index is -0.0348. The van der Waals surface area contributed by atoms with Crippen LogP contribution in [-0.4, -0.2) is 5.91 Å². The number of carbonyl (C=O) groups excluding carboxylic acids is 1. The Hall–Kier alpha value is -1.43. The minimum Gasteiger partial charge on any atom is -0.344 e. The Kier molecular flexibility index (Phi) is 4.30. The fraction of sp³-hybridized carbons (Fsp3) is 0.133. The van der Waals surface area contributed by atoms with Crippen LogP contribution in [0.2, 0.25) is 0 Å². The summed E-state index contributed by atoms with van der Waals surface area (Å²) in [4.78, 5) is 13.4. The molecule has 0 spiro atoms. The number of hydrogen-bond donors (Lipinski definition) is 1. The molecule has 2 nitrogen and oxygen atoms in total. The predicted octanol–water partition coefficient (Wildman–Crippen LogP) is 4.32. The van der Waals surface area contributed by atoms with Crippen LogP contribution in [0, 0.1) is 0 Å². The summed E-state index contributed by atoms with van der Waals surface area (Å²) < 4.78 is 0. The zero-order valence-electron chi connectivity index (χ0n) is 10.6. The molecule has 102 valence electrons. The summed E-state index contributed by atoms with van der Waals surface area (Å²) in [6.07, 6.45) is 0.440. The van der Waals surface area contributed by atoms with Crippen molar-refractivity contribution in [3.63, 3.8) is 0 Å². The summed E-state index contributed by atoms with van der Waals surface area (Å²) in [6.45, 7) is 0. The first-order valence-electron chi connectivity index (χ1n) is 6.19. The van der Waals surface area contributed by atoms with Crippen molar-refractivity contribution in [1.29, 1.82) is 0 Å². The highest BCUT2D eigenvalue weighted by Crippen LogP contribution is 2.27. The van der Waals surface area contributed by atoms with Crippen LogP contribution in [0.3, 0.4) is 0 Å². The molecule has 1 amide bonds. The lowest BCUT2D eigenvalue weighted by Crippen LogP contribution is -2.29. The lowest BCUT2D eigenvalue weighted by atomic mass is 10.1. The zero-order chi connectivity index (χ0) is 13.8. The van der Waals surface area contributed by atoms with Crippen molar-refractivity contribution in [1.82, 2.24) is 5.32 Å². The maximum atomic E-state index is 12.2. The molecule has 1 unspecified atom stereocenters. The Balaban J connectivity index is 1.75. The highest BCUT2D eigenvalue weighted by Gasteiger charge is 2.18. The topological polar surface area (TPSA) is 29.1 Å². The van der Waals surface area contributed by atoms with Crippen LogP contribution in [-0.2, 0) is 11.2 Å². The predicted molar refractivity (Wildman–Crippen MR) is 86.6 cm³/mol. The Labute approximate surface area is 129 Å². The monoisotopic (exact) mass is 319 g/mol. The van der Waals surface area contributed by atoms with E-state index in [9.17, 15) is 4.79 Å². The van der Waals surface area contributed by atoms with Crippen molar-refractivity contribution in [3.05, 3.63) is 67.2 Å². The van der Waals surface area contributed by atoms with Crippen molar-refractivity contribution in [2.75, 3.05) is 0 Å². The van der Waals surface area contributed by atoms with Gasteiger partial charge in [-0.05, 0) is 56.2 Å². The molecule has 3 aromatic rings. The molecule has 0 aromatic carbocycles. The van der Waals surface area contributed by atoms with Gasteiger partial charge in [0.25, 0.3) is 0 Å². The first-order valence-corrected chi connectivity index (χ1v) is 8.95. The van der Waals surface area contributed by atoms with E-state index in [0.717, 1.165) is 11.1 Å². The maximum absolute atomic E-state index is 12.2. The quantitative estimate of drug-likeness (QED) is 0.745. The number of thiophene rings is 3. The summed E-state index contributed by atoms with van der Waals surface area (Å²) >= 11 is 4.94. The molecule has 0 saturated heterocycles. The average Bonchev–Trinajstić information content (AvgIpc) is 3.18. The lowest BCUT2D eigenvalue weighted by molar-refractivity contribution is -0.120. The minimum absolute atomic E-state index is 0.0348. The summed E-state index contributed by atoms with van der Waals surface area (Å²) in [5, 5.41) is 13.3. The van der Waals surface area contributed by atoms with Gasteiger partial charge in [-0.1, -0.05) is 6.07 Å². The van der Waals surface area contributed by atoms with Gasteiger partial charge in [0.15, 0.2) is 0 Å². The first kappa shape index (κ1) is 13.5. The number of hydrogen-bond acceptors (Lipinski definition) is 4. The molecule has 0 saturated carbocycles. The molecule has 5 heteroatoms. The van der Waals surface area contributed by atoms with Crippen LogP contribution in [0.15, 0.2) is 51.2 Å². The number of amides is 1. The third kappa shape index (κ3) is 3.17. The second kappa shape index (κ2) is 6.35. The van der Waals surface area contributed by atoms with Crippen molar-refractivity contribution < 1.29 is 4.79 Å². The number of nitrogens with one attached hydrogen (secondary N) is 1. The fourth-order valence-electron chi connectivity index (χ4n) is 2.00. The van der Waals surface area contributed by atoms with Gasteiger partial charge in [0.2, 0.25) is 5.91 Å². The van der Waals surface area contributed by atoms with Crippen molar-refractivity contribution >= 4 is 39.9 Å². The number of carbonyl (C=O) groups is 1. The molecule has 0 aliphatic rings. The van der Waals surface area contributed by atoms with Gasteiger partial charge in [-0.15, -0.1) is 11.3 Å². The fourth-order valence-corrected chi connectivity index (χ4v) is 4.16. The molecule has 0 aliphatic heterocycles. The van der Waals surface area contributed by atoms with E-state index in [0.29, 0.717) is 6.42 Å². The Morgan fingerprint density at radius 1 is 1.10 bits per heavy atom. The summed E-state index contributed by atoms with van der Waals surface area (Å²) in [5.41, 5.74) is 2.22. The lowest BCUT2D eigenvalue weighted by Gasteiger charge is -2.16. The van der Waals surface area contributed by atoms with Crippen molar-refractivity contribution in [2.24, 2.45) is 0 Å². The van der Waals surface area contributed by atoms with Crippen LogP contribution in [0.4, 0.5) is 0 Å². The summed E-state index contributed by atoms with van der Waals surface area (Å²) in [6, 6.07) is 8.12. The molecule has 3 aromatic heterocycles. The third-order valence-corrected chi connectivity index (χ3v) is 5.33. The van der Waals surface area contributed by atoms with Crippen LogP contribution in [0.1, 0.15) is 22.0 Å². The van der Waals surface area contributed by atoms with E-state index in [1.54, 1.807) is 34.0 Å². The number of rotatable bonds is 5. The average molecular weight is 319 g/mol. The second-order valence-electron chi connectivity index (χ2n) is 4.38. The van der Waals surface area contributed by atoms with E-state index in [4.69, 9.17) is 0 Å². The van der Waals surface area contributed by atoms with Gasteiger partial charge in [0.1, 0.15) is 0 Å². The van der Waals surface area contributed by atoms with Gasteiger partial charge in [-0.25, -0.2) is 0 Å². The van der Waals surface area contributed by atoms with Crippen LogP contribution in [0.25, 0.3) is 0 Å². The van der Waals surface area contributed by atoms with Crippen molar-refractivity contribution in [3.8, 4) is 0 Å². The summed E-state index contributed by atoms with van der Waals surface area (Å²) in [5.74, 6) is 0.0630. The standard InChI is InChI=1S/C15H13NOS3/c17-14(8-11-3-6-18-9-11)16-15(12-4-7-19-10-12)13-2-1-5-20-13/h1-7,9-10,15H,8H2,(H,16,17). The van der Waals surface area contributed by atoms with Gasteiger partial charge in [-0.3, -0.25) is 4.79 Å². The third-order valence-electron chi connectivity index (χ3n) is 2.95. The highest BCUT2D eigenvalue weighted by molar-refractivity contribution is 7.10. The Morgan fingerprint density at radius 3 is 2.60 bits per heavy atom. The van der Waals surface area contributed by atoms with Gasteiger partial charge >= 0.3 is 0 Å². The SMILES string of the molecule is O=C(Cc1ccsc1)NC(c1ccsc1)c1cccs1. The van der Waals surface area contributed by atoms with E-state index < -0.39 is 0 Å². The van der Waals surface area contributed by atoms with Crippen molar-refractivity contribution in [2.45, 2.75) is 12.5 Å². The molecule has 0 radical (unpaired) electrons. The molecule has 1 atom stereocenters. The molecule has 0 bridgehead atoms. The first-order chi connectivity index (χ1) is 9.83.